The third-order valence-electron chi connectivity index (χ3n) is 11.7. The van der Waals surface area contributed by atoms with Gasteiger partial charge in [0.15, 0.2) is 0 Å². The molecule has 3 heterocycles. The van der Waals surface area contributed by atoms with Gasteiger partial charge in [-0.1, -0.05) is 116 Å². The number of aromatic nitrogens is 1. The molecule has 0 spiro atoms. The lowest BCUT2D eigenvalue weighted by Crippen LogP contribution is -2.09. The van der Waals surface area contributed by atoms with E-state index in [-0.39, 0.29) is 0 Å². The van der Waals surface area contributed by atoms with Gasteiger partial charge in [-0.25, -0.2) is 0 Å². The van der Waals surface area contributed by atoms with Gasteiger partial charge in [-0.05, 0) is 107 Å². The number of nitrogens with zero attached hydrogens (tertiary/aromatic N) is 1. The average molecular weight is 728 g/mol. The molecule has 1 aliphatic rings. The van der Waals surface area contributed by atoms with Gasteiger partial charge < -0.3 is 4.57 Å². The first-order chi connectivity index (χ1) is 26.6. The standard InChI is InChI=1S/C51H37NS2/c1-31-25-26-33(29-41(31)37-15-4-3-13-34(37)28-35-14-11-23-47-49(35)39-17-6-9-21-45(39)53-47)36-27-32(2)51-42(30-36)38-16-5-8-19-43(38)52(51)44-20-12-24-48-50(44)40-18-7-10-22-46(40)54-48/h3-26,29-30,32H,27-28H2,1-2H3. The number of hydrogen-bond donors (Lipinski definition) is 0. The van der Waals surface area contributed by atoms with E-state index in [0.29, 0.717) is 5.92 Å². The highest BCUT2D eigenvalue weighted by Crippen LogP contribution is 2.47. The molecule has 0 aliphatic heterocycles. The van der Waals surface area contributed by atoms with E-state index in [0.717, 1.165) is 12.8 Å². The summed E-state index contributed by atoms with van der Waals surface area (Å²) in [7, 11) is 0. The van der Waals surface area contributed by atoms with Gasteiger partial charge in [-0.15, -0.1) is 22.7 Å². The summed E-state index contributed by atoms with van der Waals surface area (Å²) in [5, 5.41) is 6.78. The molecule has 0 amide bonds. The Morgan fingerprint density at radius 1 is 0.574 bits per heavy atom. The van der Waals surface area contributed by atoms with Gasteiger partial charge in [0.25, 0.3) is 0 Å². The van der Waals surface area contributed by atoms with Crippen molar-refractivity contribution in [1.82, 2.24) is 4.57 Å². The molecule has 7 aromatic carbocycles. The van der Waals surface area contributed by atoms with E-state index in [1.807, 2.05) is 22.7 Å². The highest BCUT2D eigenvalue weighted by molar-refractivity contribution is 7.26. The quantitative estimate of drug-likeness (QED) is 0.166. The normalized spacial score (nSPS) is 14.4. The number of hydrogen-bond acceptors (Lipinski definition) is 2. The number of benzene rings is 7. The zero-order valence-electron chi connectivity index (χ0n) is 30.3. The van der Waals surface area contributed by atoms with Crippen LogP contribution in [0.1, 0.15) is 52.8 Å². The van der Waals surface area contributed by atoms with Crippen molar-refractivity contribution in [1.29, 1.82) is 0 Å². The van der Waals surface area contributed by atoms with Crippen LogP contribution in [-0.4, -0.2) is 4.57 Å². The molecule has 0 bridgehead atoms. The summed E-state index contributed by atoms with van der Waals surface area (Å²) in [6, 6.07) is 56.6. The molecule has 0 fully saturated rings. The Labute approximate surface area is 323 Å². The monoisotopic (exact) mass is 727 g/mol. The Kier molecular flexibility index (Phi) is 7.30. The molecule has 1 aliphatic carbocycles. The molecule has 0 saturated heterocycles. The molecule has 258 valence electrons. The summed E-state index contributed by atoms with van der Waals surface area (Å²) in [5.41, 5.74) is 14.8. The molecule has 0 radical (unpaired) electrons. The van der Waals surface area contributed by atoms with Crippen molar-refractivity contribution < 1.29 is 0 Å². The minimum atomic E-state index is 0.338. The number of thiophene rings is 2. The molecular weight excluding hydrogens is 691 g/mol. The van der Waals surface area contributed by atoms with Gasteiger partial charge in [-0.3, -0.25) is 0 Å². The highest BCUT2D eigenvalue weighted by atomic mass is 32.1. The van der Waals surface area contributed by atoms with Crippen LogP contribution in [-0.2, 0) is 6.42 Å². The summed E-state index contributed by atoms with van der Waals surface area (Å²) < 4.78 is 7.99. The molecule has 3 aromatic heterocycles. The maximum Gasteiger partial charge on any atom is 0.0552 e. The number of fused-ring (bicyclic) bond motifs is 9. The maximum absolute atomic E-state index is 2.58. The molecule has 1 nitrogen and oxygen atoms in total. The van der Waals surface area contributed by atoms with Crippen LogP contribution in [0.15, 0.2) is 152 Å². The summed E-state index contributed by atoms with van der Waals surface area (Å²) in [4.78, 5) is 0. The lowest BCUT2D eigenvalue weighted by molar-refractivity contribution is 0.734. The second-order valence-corrected chi connectivity index (χ2v) is 17.1. The summed E-state index contributed by atoms with van der Waals surface area (Å²) in [6.07, 6.45) is 4.39. The predicted molar refractivity (Wildman–Crippen MR) is 236 cm³/mol. The Bertz CT molecular complexity index is 3150. The van der Waals surface area contributed by atoms with Crippen LogP contribution in [0.25, 0.3) is 79.7 Å². The van der Waals surface area contributed by atoms with Crippen molar-refractivity contribution in [2.45, 2.75) is 32.6 Å². The van der Waals surface area contributed by atoms with E-state index >= 15 is 0 Å². The topological polar surface area (TPSA) is 4.93 Å². The number of allylic oxidation sites excluding steroid dienone is 1. The van der Waals surface area contributed by atoms with Crippen molar-refractivity contribution in [3.63, 3.8) is 0 Å². The van der Waals surface area contributed by atoms with Crippen molar-refractivity contribution in [2.24, 2.45) is 0 Å². The highest BCUT2D eigenvalue weighted by Gasteiger charge is 2.28. The van der Waals surface area contributed by atoms with Crippen molar-refractivity contribution in [3.8, 4) is 16.8 Å². The second-order valence-electron chi connectivity index (χ2n) is 14.9. The van der Waals surface area contributed by atoms with Gasteiger partial charge in [-0.2, -0.15) is 0 Å². The number of rotatable bonds is 5. The molecule has 0 N–H and O–H groups in total. The number of aryl methyl sites for hydroxylation is 1. The first-order valence-electron chi connectivity index (χ1n) is 18.9. The van der Waals surface area contributed by atoms with E-state index in [1.54, 1.807) is 0 Å². The van der Waals surface area contributed by atoms with Crippen molar-refractivity contribution in [2.75, 3.05) is 0 Å². The van der Waals surface area contributed by atoms with E-state index < -0.39 is 0 Å². The molecule has 3 heteroatoms. The molecule has 1 atom stereocenters. The molecule has 54 heavy (non-hydrogen) atoms. The fourth-order valence-electron chi connectivity index (χ4n) is 9.23. The Morgan fingerprint density at radius 3 is 2.02 bits per heavy atom. The van der Waals surface area contributed by atoms with Crippen LogP contribution in [0, 0.1) is 6.92 Å². The first kappa shape index (κ1) is 31.8. The van der Waals surface area contributed by atoms with Crippen LogP contribution in [0.2, 0.25) is 0 Å². The van der Waals surface area contributed by atoms with E-state index in [1.165, 1.54) is 107 Å². The van der Waals surface area contributed by atoms with Crippen LogP contribution in [0.5, 0.6) is 0 Å². The third-order valence-corrected chi connectivity index (χ3v) is 13.9. The van der Waals surface area contributed by atoms with Gasteiger partial charge >= 0.3 is 0 Å². The minimum Gasteiger partial charge on any atom is -0.312 e. The minimum absolute atomic E-state index is 0.338. The van der Waals surface area contributed by atoms with E-state index in [4.69, 9.17) is 0 Å². The van der Waals surface area contributed by atoms with Gasteiger partial charge in [0.05, 0.1) is 11.2 Å². The van der Waals surface area contributed by atoms with Crippen molar-refractivity contribution >= 4 is 85.6 Å². The third kappa shape index (κ3) is 4.89. The van der Waals surface area contributed by atoms with E-state index in [2.05, 4.69) is 176 Å². The Hall–Kier alpha value is -5.74. The summed E-state index contributed by atoms with van der Waals surface area (Å²) in [5.74, 6) is 0.338. The van der Waals surface area contributed by atoms with Crippen LogP contribution in [0.3, 0.4) is 0 Å². The molecule has 0 saturated carbocycles. The number of para-hydroxylation sites is 1. The Balaban J connectivity index is 1.04. The van der Waals surface area contributed by atoms with Gasteiger partial charge in [0.1, 0.15) is 0 Å². The smallest absolute Gasteiger partial charge is 0.0552 e. The van der Waals surface area contributed by atoms with Crippen LogP contribution in [0.4, 0.5) is 0 Å². The van der Waals surface area contributed by atoms with Gasteiger partial charge in [0, 0.05) is 62.9 Å². The SMILES string of the molecule is Cc1ccc(C2=Cc3c(n(-c4cccc5sc6ccccc6c45)c4ccccc34)C(C)C2)cc1-c1ccccc1Cc1cccc2sc3ccccc3c12. The average Bonchev–Trinajstić information content (AvgIpc) is 3.89. The molecule has 11 rings (SSSR count). The molecular formula is C51H37NS2. The zero-order chi connectivity index (χ0) is 35.9. The predicted octanol–water partition coefficient (Wildman–Crippen LogP) is 15.0. The second kappa shape index (κ2) is 12.4. The van der Waals surface area contributed by atoms with E-state index in [9.17, 15) is 0 Å². The van der Waals surface area contributed by atoms with Crippen LogP contribution >= 0.6 is 22.7 Å². The van der Waals surface area contributed by atoms with Crippen LogP contribution < -0.4 is 0 Å². The lowest BCUT2D eigenvalue weighted by atomic mass is 9.83. The zero-order valence-corrected chi connectivity index (χ0v) is 31.9. The fourth-order valence-corrected chi connectivity index (χ4v) is 11.5. The molecule has 10 aromatic rings. The summed E-state index contributed by atoms with van der Waals surface area (Å²) >= 11 is 3.79. The lowest BCUT2D eigenvalue weighted by Gasteiger charge is -2.25. The Morgan fingerprint density at radius 2 is 1.20 bits per heavy atom. The fraction of sp³-hybridized carbons (Fsp3) is 0.0980. The van der Waals surface area contributed by atoms with Gasteiger partial charge in [0.2, 0.25) is 0 Å². The molecule has 1 unspecified atom stereocenters. The summed E-state index contributed by atoms with van der Waals surface area (Å²) in [6.45, 7) is 4.69. The van der Waals surface area contributed by atoms with Crippen molar-refractivity contribution in [3.05, 3.63) is 185 Å². The largest absolute Gasteiger partial charge is 0.312 e. The maximum atomic E-state index is 2.58. The first-order valence-corrected chi connectivity index (χ1v) is 20.6.